The number of ether oxygens (including phenoxy) is 1. The van der Waals surface area contributed by atoms with Crippen molar-refractivity contribution in [2.75, 3.05) is 7.11 Å². The number of halogens is 1. The normalized spacial score (nSPS) is 10.4. The second-order valence-electron chi connectivity index (χ2n) is 3.99. The molecule has 0 saturated heterocycles. The summed E-state index contributed by atoms with van der Waals surface area (Å²) in [6.45, 7) is 1.96. The molecule has 0 N–H and O–H groups in total. The van der Waals surface area contributed by atoms with Gasteiger partial charge in [-0.25, -0.2) is 0 Å². The molecule has 0 bridgehead atoms. The SMILES string of the molecule is COc1ccc(Br)c(CC(=O)c2sccc2C)c1. The van der Waals surface area contributed by atoms with E-state index >= 15 is 0 Å². The Morgan fingerprint density at radius 1 is 1.39 bits per heavy atom. The fourth-order valence-corrected chi connectivity index (χ4v) is 2.98. The van der Waals surface area contributed by atoms with Gasteiger partial charge in [0, 0.05) is 10.9 Å². The van der Waals surface area contributed by atoms with Gasteiger partial charge < -0.3 is 4.74 Å². The molecule has 2 nitrogen and oxygen atoms in total. The van der Waals surface area contributed by atoms with Crippen LogP contribution >= 0.6 is 27.3 Å². The fraction of sp³-hybridized carbons (Fsp3) is 0.214. The van der Waals surface area contributed by atoms with E-state index < -0.39 is 0 Å². The lowest BCUT2D eigenvalue weighted by molar-refractivity contribution is 0.0996. The zero-order valence-corrected chi connectivity index (χ0v) is 12.6. The molecule has 1 aromatic carbocycles. The molecule has 94 valence electrons. The number of aryl methyl sites for hydroxylation is 1. The topological polar surface area (TPSA) is 26.3 Å². The van der Waals surface area contributed by atoms with E-state index in [0.717, 1.165) is 26.2 Å². The minimum absolute atomic E-state index is 0.149. The van der Waals surface area contributed by atoms with Gasteiger partial charge in [0.25, 0.3) is 0 Å². The number of carbonyl (C=O) groups is 1. The first-order chi connectivity index (χ1) is 8.61. The molecule has 0 aliphatic heterocycles. The Morgan fingerprint density at radius 3 is 2.78 bits per heavy atom. The van der Waals surface area contributed by atoms with Crippen molar-refractivity contribution in [1.29, 1.82) is 0 Å². The highest BCUT2D eigenvalue weighted by Gasteiger charge is 2.13. The molecule has 0 aliphatic carbocycles. The van der Waals surface area contributed by atoms with Crippen molar-refractivity contribution in [3.63, 3.8) is 0 Å². The summed E-state index contributed by atoms with van der Waals surface area (Å²) in [5.41, 5.74) is 2.00. The zero-order chi connectivity index (χ0) is 13.1. The van der Waals surface area contributed by atoms with E-state index in [1.54, 1.807) is 7.11 Å². The van der Waals surface area contributed by atoms with E-state index in [-0.39, 0.29) is 5.78 Å². The lowest BCUT2D eigenvalue weighted by Gasteiger charge is -2.06. The van der Waals surface area contributed by atoms with Gasteiger partial charge in [0.2, 0.25) is 0 Å². The monoisotopic (exact) mass is 324 g/mol. The number of methoxy groups -OCH3 is 1. The van der Waals surface area contributed by atoms with Crippen molar-refractivity contribution >= 4 is 33.0 Å². The van der Waals surface area contributed by atoms with Gasteiger partial charge in [-0.15, -0.1) is 11.3 Å². The van der Waals surface area contributed by atoms with Crippen LogP contribution in [0.4, 0.5) is 0 Å². The molecule has 1 aromatic heterocycles. The first-order valence-electron chi connectivity index (χ1n) is 5.51. The molecule has 2 aromatic rings. The van der Waals surface area contributed by atoms with Crippen LogP contribution in [0.5, 0.6) is 5.75 Å². The van der Waals surface area contributed by atoms with Crippen LogP contribution in [-0.4, -0.2) is 12.9 Å². The molecule has 0 radical (unpaired) electrons. The number of hydrogen-bond acceptors (Lipinski definition) is 3. The molecule has 0 aliphatic rings. The lowest BCUT2D eigenvalue weighted by Crippen LogP contribution is -2.03. The molecule has 0 spiro atoms. The van der Waals surface area contributed by atoms with Gasteiger partial charge in [-0.3, -0.25) is 4.79 Å². The minimum atomic E-state index is 0.149. The largest absolute Gasteiger partial charge is 0.497 e. The average Bonchev–Trinajstić information content (AvgIpc) is 2.78. The van der Waals surface area contributed by atoms with E-state index in [4.69, 9.17) is 4.74 Å². The zero-order valence-electron chi connectivity index (χ0n) is 10.2. The fourth-order valence-electron chi connectivity index (χ4n) is 1.73. The molecule has 0 fully saturated rings. The number of carbonyl (C=O) groups excluding carboxylic acids is 1. The van der Waals surface area contributed by atoms with Crippen LogP contribution in [-0.2, 0) is 6.42 Å². The van der Waals surface area contributed by atoms with Crippen LogP contribution in [0.2, 0.25) is 0 Å². The predicted molar refractivity (Wildman–Crippen MR) is 77.8 cm³/mol. The number of thiophene rings is 1. The number of hydrogen-bond donors (Lipinski definition) is 0. The van der Waals surface area contributed by atoms with E-state index in [1.807, 2.05) is 36.6 Å². The summed E-state index contributed by atoms with van der Waals surface area (Å²) in [6.07, 6.45) is 0.388. The maximum Gasteiger partial charge on any atom is 0.177 e. The number of rotatable bonds is 4. The Morgan fingerprint density at radius 2 is 2.17 bits per heavy atom. The highest BCUT2D eigenvalue weighted by molar-refractivity contribution is 9.10. The standard InChI is InChI=1S/C14H13BrO2S/c1-9-5-6-18-14(9)13(16)8-10-7-11(17-2)3-4-12(10)15/h3-7H,8H2,1-2H3. The van der Waals surface area contributed by atoms with Crippen LogP contribution in [0.3, 0.4) is 0 Å². The van der Waals surface area contributed by atoms with E-state index in [9.17, 15) is 4.79 Å². The number of ketones is 1. The van der Waals surface area contributed by atoms with Crippen LogP contribution in [0, 0.1) is 6.92 Å². The van der Waals surface area contributed by atoms with Gasteiger partial charge in [-0.2, -0.15) is 0 Å². The lowest BCUT2D eigenvalue weighted by atomic mass is 10.1. The minimum Gasteiger partial charge on any atom is -0.497 e. The summed E-state index contributed by atoms with van der Waals surface area (Å²) in [7, 11) is 1.62. The van der Waals surface area contributed by atoms with Crippen molar-refractivity contribution in [2.24, 2.45) is 0 Å². The average molecular weight is 325 g/mol. The number of benzene rings is 1. The quantitative estimate of drug-likeness (QED) is 0.786. The van der Waals surface area contributed by atoms with Crippen molar-refractivity contribution in [2.45, 2.75) is 13.3 Å². The van der Waals surface area contributed by atoms with Crippen LogP contribution in [0.1, 0.15) is 20.8 Å². The van der Waals surface area contributed by atoms with Crippen LogP contribution in [0.25, 0.3) is 0 Å². The number of Topliss-reactive ketones (excluding diaryl/α,β-unsaturated/α-hetero) is 1. The molecule has 18 heavy (non-hydrogen) atoms. The van der Waals surface area contributed by atoms with Crippen molar-refractivity contribution in [3.05, 3.63) is 50.1 Å². The second-order valence-corrected chi connectivity index (χ2v) is 5.76. The summed E-state index contributed by atoms with van der Waals surface area (Å²) >= 11 is 4.96. The summed E-state index contributed by atoms with van der Waals surface area (Å²) in [6, 6.07) is 7.64. The molecule has 4 heteroatoms. The van der Waals surface area contributed by atoms with E-state index in [1.165, 1.54) is 11.3 Å². The smallest absolute Gasteiger partial charge is 0.177 e. The third kappa shape index (κ3) is 2.82. The third-order valence-electron chi connectivity index (χ3n) is 2.72. The first-order valence-corrected chi connectivity index (χ1v) is 7.19. The van der Waals surface area contributed by atoms with Gasteiger partial charge in [-0.05, 0) is 47.7 Å². The molecule has 0 amide bonds. The van der Waals surface area contributed by atoms with Gasteiger partial charge in [-0.1, -0.05) is 15.9 Å². The Kier molecular flexibility index (Phi) is 4.19. The van der Waals surface area contributed by atoms with E-state index in [2.05, 4.69) is 15.9 Å². The maximum absolute atomic E-state index is 12.2. The Balaban J connectivity index is 2.24. The maximum atomic E-state index is 12.2. The molecule has 2 rings (SSSR count). The van der Waals surface area contributed by atoms with Crippen molar-refractivity contribution in [3.8, 4) is 5.75 Å². The molecular formula is C14H13BrO2S. The summed E-state index contributed by atoms with van der Waals surface area (Å²) in [5.74, 6) is 0.917. The highest BCUT2D eigenvalue weighted by atomic mass is 79.9. The first kappa shape index (κ1) is 13.3. The van der Waals surface area contributed by atoms with Crippen LogP contribution in [0.15, 0.2) is 34.1 Å². The van der Waals surface area contributed by atoms with Gasteiger partial charge in [0.05, 0.1) is 12.0 Å². The van der Waals surface area contributed by atoms with Gasteiger partial charge in [0.1, 0.15) is 5.75 Å². The Hall–Kier alpha value is -1.13. The molecule has 0 unspecified atom stereocenters. The summed E-state index contributed by atoms with van der Waals surface area (Å²) in [5, 5.41) is 1.95. The molecule has 1 heterocycles. The summed E-state index contributed by atoms with van der Waals surface area (Å²) < 4.78 is 6.11. The third-order valence-corrected chi connectivity index (χ3v) is 4.55. The predicted octanol–water partition coefficient (Wildman–Crippen LogP) is 4.25. The molecule has 0 atom stereocenters. The molecular weight excluding hydrogens is 312 g/mol. The van der Waals surface area contributed by atoms with Crippen molar-refractivity contribution in [1.82, 2.24) is 0 Å². The van der Waals surface area contributed by atoms with Crippen molar-refractivity contribution < 1.29 is 9.53 Å². The van der Waals surface area contributed by atoms with Gasteiger partial charge in [0.15, 0.2) is 5.78 Å². The highest BCUT2D eigenvalue weighted by Crippen LogP contribution is 2.25. The molecule has 0 saturated carbocycles. The Bertz CT molecular complexity index is 575. The summed E-state index contributed by atoms with van der Waals surface area (Å²) in [4.78, 5) is 13.0. The van der Waals surface area contributed by atoms with E-state index in [0.29, 0.717) is 6.42 Å². The Labute approximate surface area is 119 Å². The second kappa shape index (κ2) is 5.67. The van der Waals surface area contributed by atoms with Crippen LogP contribution < -0.4 is 4.74 Å². The van der Waals surface area contributed by atoms with Gasteiger partial charge >= 0.3 is 0 Å².